The number of hydrogen-bond acceptors (Lipinski definition) is 5. The topological polar surface area (TPSA) is 93.7 Å². The molecule has 2 N–H and O–H groups in total. The zero-order valence-corrected chi connectivity index (χ0v) is 18.0. The number of amides is 2. The molecule has 7 nitrogen and oxygen atoms in total. The fourth-order valence-electron chi connectivity index (χ4n) is 4.32. The number of ketones is 1. The van der Waals surface area contributed by atoms with Crippen LogP contribution in [0.2, 0.25) is 0 Å². The lowest BCUT2D eigenvalue weighted by Gasteiger charge is -2.36. The molecule has 2 aliphatic rings. The molecule has 0 saturated heterocycles. The summed E-state index contributed by atoms with van der Waals surface area (Å²) in [5, 5.41) is 0. The van der Waals surface area contributed by atoms with E-state index in [0.29, 0.717) is 48.2 Å². The van der Waals surface area contributed by atoms with Crippen molar-refractivity contribution in [1.82, 2.24) is 10.9 Å². The summed E-state index contributed by atoms with van der Waals surface area (Å²) >= 11 is 0. The summed E-state index contributed by atoms with van der Waals surface area (Å²) in [6.45, 7) is 4.82. The van der Waals surface area contributed by atoms with Gasteiger partial charge in [0.05, 0.1) is 13.7 Å². The lowest BCUT2D eigenvalue weighted by Crippen LogP contribution is -2.48. The van der Waals surface area contributed by atoms with E-state index in [-0.39, 0.29) is 23.7 Å². The van der Waals surface area contributed by atoms with Crippen molar-refractivity contribution in [1.29, 1.82) is 0 Å². The maximum Gasteiger partial charge on any atom is 0.269 e. The molecule has 30 heavy (non-hydrogen) atoms. The van der Waals surface area contributed by atoms with Gasteiger partial charge in [-0.2, -0.15) is 0 Å². The quantitative estimate of drug-likeness (QED) is 0.666. The Bertz CT molecular complexity index is 776. The number of nitrogens with one attached hydrogen (secondary N) is 2. The highest BCUT2D eigenvalue weighted by atomic mass is 16.5. The SMILES string of the molecule is COc1cc(C(=O)NNC(=O)C2CC3CCCC(C2)C3=O)ccc1OCCC(C)C. The molecule has 1 aromatic rings. The molecule has 2 atom stereocenters. The first-order valence-electron chi connectivity index (χ1n) is 10.8. The van der Waals surface area contributed by atoms with E-state index in [2.05, 4.69) is 24.7 Å². The van der Waals surface area contributed by atoms with Crippen LogP contribution in [0.3, 0.4) is 0 Å². The van der Waals surface area contributed by atoms with Gasteiger partial charge in [0.2, 0.25) is 5.91 Å². The van der Waals surface area contributed by atoms with Gasteiger partial charge in [0.1, 0.15) is 5.78 Å². The van der Waals surface area contributed by atoms with E-state index in [9.17, 15) is 14.4 Å². The van der Waals surface area contributed by atoms with Crippen LogP contribution in [0.4, 0.5) is 0 Å². The van der Waals surface area contributed by atoms with Crippen LogP contribution in [0.25, 0.3) is 0 Å². The van der Waals surface area contributed by atoms with E-state index in [1.165, 1.54) is 7.11 Å². The van der Waals surface area contributed by atoms with Crippen molar-refractivity contribution in [2.75, 3.05) is 13.7 Å². The Morgan fingerprint density at radius 2 is 1.80 bits per heavy atom. The number of carbonyl (C=O) groups is 3. The molecule has 2 amide bonds. The summed E-state index contributed by atoms with van der Waals surface area (Å²) in [6, 6.07) is 4.93. The maximum absolute atomic E-state index is 12.5. The number of Topliss-reactive ketones (excluding diaryl/α,β-unsaturated/α-hetero) is 1. The molecule has 0 aromatic heterocycles. The number of ether oxygens (including phenoxy) is 2. The van der Waals surface area contributed by atoms with E-state index in [0.717, 1.165) is 25.7 Å². The molecule has 3 rings (SSSR count). The van der Waals surface area contributed by atoms with Gasteiger partial charge < -0.3 is 9.47 Å². The molecule has 0 aliphatic heterocycles. The Kier molecular flexibility index (Phi) is 7.34. The molecule has 164 valence electrons. The van der Waals surface area contributed by atoms with Crippen LogP contribution in [-0.4, -0.2) is 31.3 Å². The second-order valence-electron chi connectivity index (χ2n) is 8.74. The molecule has 1 aromatic carbocycles. The highest BCUT2D eigenvalue weighted by Crippen LogP contribution is 2.40. The van der Waals surface area contributed by atoms with Gasteiger partial charge in [-0.1, -0.05) is 20.3 Å². The van der Waals surface area contributed by atoms with E-state index in [1.807, 2.05) is 0 Å². The van der Waals surface area contributed by atoms with Crippen molar-refractivity contribution in [3.63, 3.8) is 0 Å². The zero-order chi connectivity index (χ0) is 21.7. The lowest BCUT2D eigenvalue weighted by atomic mass is 9.67. The Labute approximate surface area is 177 Å². The van der Waals surface area contributed by atoms with E-state index in [4.69, 9.17) is 9.47 Å². The molecule has 0 radical (unpaired) electrons. The molecule has 2 aliphatic carbocycles. The van der Waals surface area contributed by atoms with Gasteiger partial charge in [-0.3, -0.25) is 25.2 Å². The highest BCUT2D eigenvalue weighted by Gasteiger charge is 2.41. The van der Waals surface area contributed by atoms with Crippen molar-refractivity contribution in [3.8, 4) is 11.5 Å². The number of benzene rings is 1. The van der Waals surface area contributed by atoms with Crippen molar-refractivity contribution in [2.24, 2.45) is 23.7 Å². The van der Waals surface area contributed by atoms with Gasteiger partial charge in [0, 0.05) is 23.3 Å². The number of hydrogen-bond donors (Lipinski definition) is 2. The van der Waals surface area contributed by atoms with E-state index < -0.39 is 5.91 Å². The van der Waals surface area contributed by atoms with Crippen molar-refractivity contribution >= 4 is 17.6 Å². The summed E-state index contributed by atoms with van der Waals surface area (Å²) in [5.41, 5.74) is 5.37. The fourth-order valence-corrected chi connectivity index (χ4v) is 4.32. The van der Waals surface area contributed by atoms with Crippen LogP contribution in [0.15, 0.2) is 18.2 Å². The molecule has 0 spiro atoms. The average Bonchev–Trinajstić information content (AvgIpc) is 2.71. The first kappa shape index (κ1) is 22.1. The minimum absolute atomic E-state index is 0.00328. The van der Waals surface area contributed by atoms with Gasteiger partial charge in [-0.25, -0.2) is 0 Å². The Balaban J connectivity index is 1.54. The molecule has 2 fully saturated rings. The predicted octanol–water partition coefficient (Wildman–Crippen LogP) is 3.28. The number of hydrazine groups is 1. The van der Waals surface area contributed by atoms with Gasteiger partial charge >= 0.3 is 0 Å². The molecular weight excluding hydrogens is 384 g/mol. The van der Waals surface area contributed by atoms with Crippen LogP contribution in [-0.2, 0) is 9.59 Å². The minimum Gasteiger partial charge on any atom is -0.493 e. The lowest BCUT2D eigenvalue weighted by molar-refractivity contribution is -0.138. The van der Waals surface area contributed by atoms with Gasteiger partial charge in [-0.15, -0.1) is 0 Å². The Hall–Kier alpha value is -2.57. The predicted molar refractivity (Wildman–Crippen MR) is 112 cm³/mol. The number of rotatable bonds is 7. The monoisotopic (exact) mass is 416 g/mol. The smallest absolute Gasteiger partial charge is 0.269 e. The number of carbonyl (C=O) groups excluding carboxylic acids is 3. The van der Waals surface area contributed by atoms with E-state index >= 15 is 0 Å². The van der Waals surface area contributed by atoms with E-state index in [1.54, 1.807) is 18.2 Å². The van der Waals surface area contributed by atoms with Crippen molar-refractivity contribution < 1.29 is 23.9 Å². The van der Waals surface area contributed by atoms with Crippen LogP contribution in [0.1, 0.15) is 62.7 Å². The van der Waals surface area contributed by atoms with Crippen LogP contribution >= 0.6 is 0 Å². The van der Waals surface area contributed by atoms with Crippen LogP contribution < -0.4 is 20.3 Å². The number of fused-ring (bicyclic) bond motifs is 2. The average molecular weight is 417 g/mol. The Morgan fingerprint density at radius 3 is 2.43 bits per heavy atom. The molecule has 2 unspecified atom stereocenters. The van der Waals surface area contributed by atoms with Gasteiger partial charge in [0.25, 0.3) is 5.91 Å². The third-order valence-electron chi connectivity index (χ3n) is 6.10. The summed E-state index contributed by atoms with van der Waals surface area (Å²) in [5.74, 6) is 1.01. The van der Waals surface area contributed by atoms with Crippen molar-refractivity contribution in [2.45, 2.75) is 52.4 Å². The summed E-state index contributed by atoms with van der Waals surface area (Å²) in [7, 11) is 1.52. The second kappa shape index (κ2) is 9.96. The van der Waals surface area contributed by atoms with Gasteiger partial charge in [0.15, 0.2) is 11.5 Å². The summed E-state index contributed by atoms with van der Waals surface area (Å²) in [4.78, 5) is 37.2. The van der Waals surface area contributed by atoms with Crippen LogP contribution in [0, 0.1) is 23.7 Å². The first-order valence-corrected chi connectivity index (χ1v) is 10.8. The molecule has 0 heterocycles. The molecular formula is C23H32N2O5. The largest absolute Gasteiger partial charge is 0.493 e. The molecule has 2 bridgehead atoms. The zero-order valence-electron chi connectivity index (χ0n) is 18.0. The first-order chi connectivity index (χ1) is 14.4. The fraction of sp³-hybridized carbons (Fsp3) is 0.609. The highest BCUT2D eigenvalue weighted by molar-refractivity contribution is 5.96. The standard InChI is InChI=1S/C23H32N2O5/c1-14(2)9-10-30-19-8-7-17(13-20(19)29-3)22(27)24-25-23(28)18-11-15-5-4-6-16(12-18)21(15)26/h7-8,13-16,18H,4-6,9-12H2,1-3H3,(H,24,27)(H,25,28). The summed E-state index contributed by atoms with van der Waals surface area (Å²) in [6.07, 6.45) is 4.88. The van der Waals surface area contributed by atoms with Crippen LogP contribution in [0.5, 0.6) is 11.5 Å². The maximum atomic E-state index is 12.5. The second-order valence-corrected chi connectivity index (χ2v) is 8.74. The normalized spacial score (nSPS) is 23.1. The molecule has 2 saturated carbocycles. The number of methoxy groups -OCH3 is 1. The molecule has 7 heteroatoms. The third-order valence-corrected chi connectivity index (χ3v) is 6.10. The third kappa shape index (κ3) is 5.32. The minimum atomic E-state index is -0.428. The summed E-state index contributed by atoms with van der Waals surface area (Å²) < 4.78 is 11.1. The van der Waals surface area contributed by atoms with Crippen molar-refractivity contribution in [3.05, 3.63) is 23.8 Å². The van der Waals surface area contributed by atoms with Gasteiger partial charge in [-0.05, 0) is 56.2 Å². The Morgan fingerprint density at radius 1 is 1.10 bits per heavy atom.